The zero-order valence-electron chi connectivity index (χ0n) is 10.8. The Morgan fingerprint density at radius 3 is 2.25 bits per heavy atom. The number of anilines is 1. The summed E-state index contributed by atoms with van der Waals surface area (Å²) in [5.74, 6) is 2.86. The third kappa shape index (κ3) is 1.76. The molecule has 3 fully saturated rings. The molecule has 2 N–H and O–H groups in total. The molecule has 2 bridgehead atoms. The molecule has 1 amide bonds. The van der Waals surface area contributed by atoms with E-state index in [1.165, 1.54) is 31.4 Å². The SMILES string of the molecule is O=C(Nc1cc(Cl)c(O)c(Cl)c1)C1C2C3CCC(C3)C12. The number of benzene rings is 1. The van der Waals surface area contributed by atoms with Gasteiger partial charge in [0, 0.05) is 11.6 Å². The van der Waals surface area contributed by atoms with Crippen LogP contribution in [0.25, 0.3) is 0 Å². The molecule has 0 radical (unpaired) electrons. The normalized spacial score (nSPS) is 36.8. The molecule has 0 spiro atoms. The van der Waals surface area contributed by atoms with E-state index in [0.29, 0.717) is 17.5 Å². The van der Waals surface area contributed by atoms with Gasteiger partial charge in [-0.2, -0.15) is 0 Å². The molecule has 1 aromatic rings. The van der Waals surface area contributed by atoms with Crippen molar-refractivity contribution in [2.45, 2.75) is 19.3 Å². The van der Waals surface area contributed by atoms with Gasteiger partial charge in [-0.3, -0.25) is 4.79 Å². The number of phenolic OH excluding ortho intramolecular Hbond substituents is 1. The van der Waals surface area contributed by atoms with Gasteiger partial charge in [-0.25, -0.2) is 0 Å². The van der Waals surface area contributed by atoms with Crippen molar-refractivity contribution in [1.82, 2.24) is 0 Å². The van der Waals surface area contributed by atoms with Crippen molar-refractivity contribution >= 4 is 34.8 Å². The van der Waals surface area contributed by atoms with Crippen molar-refractivity contribution in [2.24, 2.45) is 29.6 Å². The quantitative estimate of drug-likeness (QED) is 0.813. The monoisotopic (exact) mass is 311 g/mol. The highest BCUT2D eigenvalue weighted by Crippen LogP contribution is 2.69. The van der Waals surface area contributed by atoms with E-state index >= 15 is 0 Å². The Balaban J connectivity index is 1.49. The second-order valence-corrected chi connectivity index (χ2v) is 7.11. The van der Waals surface area contributed by atoms with Crippen LogP contribution in [-0.2, 0) is 4.79 Å². The standard InChI is InChI=1S/C15H15Cl2NO2/c16-9-4-8(5-10(17)14(9)19)18-15(20)13-11-6-1-2-7(3-6)12(11)13/h4-7,11-13,19H,1-3H2,(H,18,20). The van der Waals surface area contributed by atoms with Crippen molar-refractivity contribution in [2.75, 3.05) is 5.32 Å². The first-order valence-corrected chi connectivity index (χ1v) is 7.80. The number of phenols is 1. The fraction of sp³-hybridized carbons (Fsp3) is 0.533. The molecule has 0 aromatic heterocycles. The highest BCUT2D eigenvalue weighted by Gasteiger charge is 2.67. The molecule has 4 unspecified atom stereocenters. The lowest BCUT2D eigenvalue weighted by Gasteiger charge is -2.11. The predicted octanol–water partition coefficient (Wildman–Crippen LogP) is 3.93. The maximum absolute atomic E-state index is 12.4. The molecule has 3 aliphatic carbocycles. The van der Waals surface area contributed by atoms with E-state index in [4.69, 9.17) is 23.2 Å². The van der Waals surface area contributed by atoms with Crippen LogP contribution in [-0.4, -0.2) is 11.0 Å². The molecule has 1 aromatic carbocycles. The summed E-state index contributed by atoms with van der Waals surface area (Å²) in [7, 11) is 0. The molecule has 20 heavy (non-hydrogen) atoms. The molecule has 4 atom stereocenters. The van der Waals surface area contributed by atoms with E-state index in [0.717, 1.165) is 11.8 Å². The second kappa shape index (κ2) is 4.28. The number of halogens is 2. The molecule has 0 aliphatic heterocycles. The van der Waals surface area contributed by atoms with Crippen molar-refractivity contribution in [3.8, 4) is 5.75 Å². The van der Waals surface area contributed by atoms with E-state index in [9.17, 15) is 9.90 Å². The molecule has 3 aliphatic rings. The second-order valence-electron chi connectivity index (χ2n) is 6.29. The van der Waals surface area contributed by atoms with Crippen LogP contribution < -0.4 is 5.32 Å². The van der Waals surface area contributed by atoms with E-state index in [2.05, 4.69) is 5.32 Å². The molecular formula is C15H15Cl2NO2. The Labute approximate surface area is 127 Å². The van der Waals surface area contributed by atoms with Crippen LogP contribution >= 0.6 is 23.2 Å². The van der Waals surface area contributed by atoms with Gasteiger partial charge < -0.3 is 10.4 Å². The molecule has 5 heteroatoms. The summed E-state index contributed by atoms with van der Waals surface area (Å²) in [5.41, 5.74) is 0.556. The molecule has 4 rings (SSSR count). The summed E-state index contributed by atoms with van der Waals surface area (Å²) in [4.78, 5) is 12.4. The maximum Gasteiger partial charge on any atom is 0.228 e. The summed E-state index contributed by atoms with van der Waals surface area (Å²) in [5, 5.41) is 12.7. The van der Waals surface area contributed by atoms with Crippen LogP contribution in [0.4, 0.5) is 5.69 Å². The number of carbonyl (C=O) groups excluding carboxylic acids is 1. The lowest BCUT2D eigenvalue weighted by atomic mass is 10.0. The zero-order chi connectivity index (χ0) is 14.0. The molecule has 3 nitrogen and oxygen atoms in total. The summed E-state index contributed by atoms with van der Waals surface area (Å²) in [6, 6.07) is 3.07. The molecule has 0 heterocycles. The van der Waals surface area contributed by atoms with Crippen LogP contribution in [0.5, 0.6) is 5.75 Å². The third-order valence-corrected chi connectivity index (χ3v) is 5.90. The Morgan fingerprint density at radius 1 is 1.15 bits per heavy atom. The average molecular weight is 312 g/mol. The fourth-order valence-corrected chi connectivity index (χ4v) is 5.03. The topological polar surface area (TPSA) is 49.3 Å². The van der Waals surface area contributed by atoms with Crippen molar-refractivity contribution < 1.29 is 9.90 Å². The first-order valence-electron chi connectivity index (χ1n) is 7.05. The largest absolute Gasteiger partial charge is 0.505 e. The number of fused-ring (bicyclic) bond motifs is 5. The number of amides is 1. The maximum atomic E-state index is 12.4. The van der Waals surface area contributed by atoms with Crippen LogP contribution in [0.3, 0.4) is 0 Å². The van der Waals surface area contributed by atoms with Gasteiger partial charge in [0.05, 0.1) is 10.0 Å². The Morgan fingerprint density at radius 2 is 1.70 bits per heavy atom. The highest BCUT2D eigenvalue weighted by atomic mass is 35.5. The van der Waals surface area contributed by atoms with E-state index < -0.39 is 0 Å². The Bertz CT molecular complexity index is 565. The van der Waals surface area contributed by atoms with E-state index in [1.807, 2.05) is 0 Å². The minimum atomic E-state index is -0.146. The first kappa shape index (κ1) is 12.8. The van der Waals surface area contributed by atoms with Gasteiger partial charge in [0.15, 0.2) is 5.75 Å². The highest BCUT2D eigenvalue weighted by molar-refractivity contribution is 6.37. The van der Waals surface area contributed by atoms with Gasteiger partial charge in [0.2, 0.25) is 5.91 Å². The summed E-state index contributed by atoms with van der Waals surface area (Å²) >= 11 is 11.7. The van der Waals surface area contributed by atoms with Gasteiger partial charge in [0.1, 0.15) is 0 Å². The molecule has 3 saturated carbocycles. The first-order chi connectivity index (χ1) is 9.56. The van der Waals surface area contributed by atoms with Gasteiger partial charge >= 0.3 is 0 Å². The number of carbonyl (C=O) groups is 1. The summed E-state index contributed by atoms with van der Waals surface area (Å²) < 4.78 is 0. The van der Waals surface area contributed by atoms with Crippen LogP contribution in [0.1, 0.15) is 19.3 Å². The van der Waals surface area contributed by atoms with Crippen LogP contribution in [0.2, 0.25) is 10.0 Å². The van der Waals surface area contributed by atoms with Crippen molar-refractivity contribution in [3.05, 3.63) is 22.2 Å². The van der Waals surface area contributed by atoms with Gasteiger partial charge in [-0.05, 0) is 55.1 Å². The number of hydrogen-bond donors (Lipinski definition) is 2. The third-order valence-electron chi connectivity index (χ3n) is 5.32. The minimum absolute atomic E-state index is 0.0782. The van der Waals surface area contributed by atoms with Gasteiger partial charge in [-0.1, -0.05) is 23.2 Å². The Kier molecular flexibility index (Phi) is 2.74. The minimum Gasteiger partial charge on any atom is -0.505 e. The van der Waals surface area contributed by atoms with E-state index in [-0.39, 0.29) is 27.6 Å². The smallest absolute Gasteiger partial charge is 0.228 e. The zero-order valence-corrected chi connectivity index (χ0v) is 12.3. The lowest BCUT2D eigenvalue weighted by Crippen LogP contribution is -2.18. The number of nitrogens with one attached hydrogen (secondary N) is 1. The van der Waals surface area contributed by atoms with Gasteiger partial charge in [-0.15, -0.1) is 0 Å². The molecule has 106 valence electrons. The molecular weight excluding hydrogens is 297 g/mol. The van der Waals surface area contributed by atoms with Crippen LogP contribution in [0.15, 0.2) is 12.1 Å². The van der Waals surface area contributed by atoms with E-state index in [1.54, 1.807) is 0 Å². The van der Waals surface area contributed by atoms with Crippen LogP contribution in [0, 0.1) is 29.6 Å². The Hall–Kier alpha value is -0.930. The predicted molar refractivity (Wildman–Crippen MR) is 78.1 cm³/mol. The fourth-order valence-electron chi connectivity index (χ4n) is 4.54. The van der Waals surface area contributed by atoms with Crippen molar-refractivity contribution in [3.63, 3.8) is 0 Å². The average Bonchev–Trinajstić information content (AvgIpc) is 2.85. The molecule has 0 saturated heterocycles. The number of rotatable bonds is 2. The lowest BCUT2D eigenvalue weighted by molar-refractivity contribution is -0.118. The van der Waals surface area contributed by atoms with Crippen molar-refractivity contribution in [1.29, 1.82) is 0 Å². The number of aromatic hydroxyl groups is 1. The summed E-state index contributed by atoms with van der Waals surface area (Å²) in [6.45, 7) is 0. The van der Waals surface area contributed by atoms with Gasteiger partial charge in [0.25, 0.3) is 0 Å². The number of hydrogen-bond acceptors (Lipinski definition) is 2. The summed E-state index contributed by atoms with van der Waals surface area (Å²) in [6.07, 6.45) is 3.93.